The van der Waals surface area contributed by atoms with E-state index in [0.717, 1.165) is 16.7 Å². The average molecular weight is 614 g/mol. The third-order valence-corrected chi connectivity index (χ3v) is 8.59. The predicted octanol–water partition coefficient (Wildman–Crippen LogP) is 4.29. The lowest BCUT2D eigenvalue weighted by molar-refractivity contribution is -0.104. The summed E-state index contributed by atoms with van der Waals surface area (Å²) in [5.41, 5.74) is 8.17. The molecule has 10 nitrogen and oxygen atoms in total. The highest BCUT2D eigenvalue weighted by Crippen LogP contribution is 2.48. The maximum absolute atomic E-state index is 14.0. The van der Waals surface area contributed by atoms with E-state index in [1.54, 1.807) is 24.3 Å². The number of ether oxygens (including phenoxy) is 2. The van der Waals surface area contributed by atoms with Crippen LogP contribution in [0.4, 0.5) is 5.82 Å². The van der Waals surface area contributed by atoms with E-state index in [9.17, 15) is 15.0 Å². The quantitative estimate of drug-likeness (QED) is 0.169. The molecule has 230 valence electrons. The van der Waals surface area contributed by atoms with Crippen molar-refractivity contribution in [2.75, 3.05) is 5.73 Å². The number of hydrogen-bond acceptors (Lipinski definition) is 9. The summed E-state index contributed by atoms with van der Waals surface area (Å²) in [5.74, 6) is -0.445. The summed E-state index contributed by atoms with van der Waals surface area (Å²) in [4.78, 5) is 26.6. The molecule has 1 unspecified atom stereocenters. The molecule has 46 heavy (non-hydrogen) atoms. The molecule has 2 aromatic heterocycles. The topological polar surface area (TPSA) is 146 Å². The van der Waals surface area contributed by atoms with Crippen LogP contribution >= 0.6 is 0 Å². The van der Waals surface area contributed by atoms with Gasteiger partial charge < -0.3 is 25.4 Å². The van der Waals surface area contributed by atoms with Crippen LogP contribution in [0.2, 0.25) is 0 Å². The van der Waals surface area contributed by atoms with Crippen molar-refractivity contribution >= 4 is 23.0 Å². The number of hydrogen-bond donors (Lipinski definition) is 3. The van der Waals surface area contributed by atoms with Gasteiger partial charge in [0.15, 0.2) is 17.7 Å². The number of anilines is 1. The number of aliphatic hydroxyl groups excluding tert-OH is 2. The van der Waals surface area contributed by atoms with Crippen LogP contribution in [0.1, 0.15) is 33.3 Å². The molecule has 0 spiro atoms. The summed E-state index contributed by atoms with van der Waals surface area (Å²) >= 11 is 0. The molecule has 1 fully saturated rings. The molecular formula is C36H31N5O5. The van der Waals surface area contributed by atoms with Gasteiger partial charge in [-0.05, 0) is 28.8 Å². The van der Waals surface area contributed by atoms with Crippen LogP contribution in [-0.2, 0) is 14.9 Å². The fraction of sp³-hybridized carbons (Fsp3) is 0.167. The minimum Gasteiger partial charge on any atom is -0.454 e. The number of aliphatic hydroxyl groups is 2. The van der Waals surface area contributed by atoms with E-state index >= 15 is 0 Å². The molecule has 0 bridgehead atoms. The van der Waals surface area contributed by atoms with Gasteiger partial charge in [-0.25, -0.2) is 19.7 Å². The summed E-state index contributed by atoms with van der Waals surface area (Å²) in [6.45, 7) is 0. The normalized spacial score (nSPS) is 20.4. The van der Waals surface area contributed by atoms with E-state index in [4.69, 9.17) is 15.2 Å². The molecule has 4 N–H and O–H groups in total. The Labute approximate surface area is 264 Å². The lowest BCUT2D eigenvalue weighted by Crippen LogP contribution is -2.54. The van der Waals surface area contributed by atoms with Crippen LogP contribution in [0.5, 0.6) is 0 Å². The minimum atomic E-state index is -1.49. The maximum Gasteiger partial charge on any atom is 0.338 e. The molecule has 10 heteroatoms. The number of imidazole rings is 1. The van der Waals surface area contributed by atoms with E-state index in [0.29, 0.717) is 16.7 Å². The molecule has 1 aliphatic rings. The van der Waals surface area contributed by atoms with Gasteiger partial charge in [0.05, 0.1) is 17.3 Å². The first-order chi connectivity index (χ1) is 22.5. The van der Waals surface area contributed by atoms with Crippen LogP contribution in [0.3, 0.4) is 0 Å². The Kier molecular flexibility index (Phi) is 7.75. The Morgan fingerprint density at radius 2 is 1.28 bits per heavy atom. The van der Waals surface area contributed by atoms with Gasteiger partial charge in [-0.3, -0.25) is 4.57 Å². The number of carbonyl (C=O) groups is 1. The highest BCUT2D eigenvalue weighted by atomic mass is 16.6. The van der Waals surface area contributed by atoms with Gasteiger partial charge in [0.1, 0.15) is 36.3 Å². The zero-order valence-electron chi connectivity index (χ0n) is 24.6. The number of esters is 1. The van der Waals surface area contributed by atoms with Gasteiger partial charge >= 0.3 is 5.97 Å². The van der Waals surface area contributed by atoms with Gasteiger partial charge in [0.25, 0.3) is 0 Å². The van der Waals surface area contributed by atoms with Crippen molar-refractivity contribution in [2.24, 2.45) is 0 Å². The molecule has 7 rings (SSSR count). The van der Waals surface area contributed by atoms with E-state index < -0.39 is 42.0 Å². The van der Waals surface area contributed by atoms with Gasteiger partial charge in [-0.2, -0.15) is 0 Å². The molecule has 5 atom stereocenters. The molecule has 3 heterocycles. The Balaban J connectivity index is 1.45. The number of aromatic nitrogens is 4. The third-order valence-electron chi connectivity index (χ3n) is 8.59. The highest BCUT2D eigenvalue weighted by Gasteiger charge is 2.57. The van der Waals surface area contributed by atoms with E-state index in [2.05, 4.69) is 15.0 Å². The lowest BCUT2D eigenvalue weighted by Gasteiger charge is -2.44. The van der Waals surface area contributed by atoms with Crippen LogP contribution < -0.4 is 5.73 Å². The van der Waals surface area contributed by atoms with Crippen LogP contribution in [0, 0.1) is 0 Å². The molecule has 0 radical (unpaired) electrons. The van der Waals surface area contributed by atoms with Crippen molar-refractivity contribution in [3.63, 3.8) is 0 Å². The number of nitrogen functional groups attached to an aromatic ring is 1. The third kappa shape index (κ3) is 4.89. The summed E-state index contributed by atoms with van der Waals surface area (Å²) in [7, 11) is 0. The van der Waals surface area contributed by atoms with E-state index in [1.807, 2.05) is 97.1 Å². The Bertz CT molecular complexity index is 1840. The van der Waals surface area contributed by atoms with Crippen LogP contribution in [0.15, 0.2) is 134 Å². The summed E-state index contributed by atoms with van der Waals surface area (Å²) < 4.78 is 14.6. The average Bonchev–Trinajstić information content (AvgIpc) is 3.67. The second-order valence-corrected chi connectivity index (χ2v) is 11.2. The molecule has 0 amide bonds. The second-order valence-electron chi connectivity index (χ2n) is 11.2. The summed E-state index contributed by atoms with van der Waals surface area (Å²) in [6, 6.07) is 37.6. The molecule has 1 aliphatic heterocycles. The summed E-state index contributed by atoms with van der Waals surface area (Å²) in [5, 5.41) is 23.4. The number of rotatable bonds is 8. The predicted molar refractivity (Wildman–Crippen MR) is 171 cm³/mol. The van der Waals surface area contributed by atoms with Gasteiger partial charge in [-0.1, -0.05) is 109 Å². The molecule has 0 saturated carbocycles. The van der Waals surface area contributed by atoms with Crippen LogP contribution in [0.25, 0.3) is 11.2 Å². The van der Waals surface area contributed by atoms with Crippen molar-refractivity contribution in [3.8, 4) is 0 Å². The smallest absolute Gasteiger partial charge is 0.338 e. The van der Waals surface area contributed by atoms with E-state index in [1.165, 1.54) is 17.2 Å². The van der Waals surface area contributed by atoms with Gasteiger partial charge in [0, 0.05) is 0 Å². The van der Waals surface area contributed by atoms with Crippen molar-refractivity contribution in [3.05, 3.63) is 156 Å². The first-order valence-corrected chi connectivity index (χ1v) is 14.9. The molecule has 1 saturated heterocycles. The monoisotopic (exact) mass is 613 g/mol. The molecular weight excluding hydrogens is 582 g/mol. The van der Waals surface area contributed by atoms with Crippen molar-refractivity contribution < 1.29 is 24.5 Å². The maximum atomic E-state index is 14.0. The number of nitrogens with two attached hydrogens (primary N) is 1. The van der Waals surface area contributed by atoms with Crippen LogP contribution in [-0.4, -0.2) is 60.1 Å². The van der Waals surface area contributed by atoms with Crippen molar-refractivity contribution in [1.82, 2.24) is 19.5 Å². The first-order valence-electron chi connectivity index (χ1n) is 14.9. The first kappa shape index (κ1) is 29.3. The SMILES string of the molecule is Nc1ncnc2c1ncn2[C@@H]1O[C@H](C(OC(=O)c2ccccc2)C(c2ccccc2)(c2ccccc2)c2ccccc2)[C@@H](O)[C@H]1O. The molecule has 4 aromatic carbocycles. The number of fused-ring (bicyclic) bond motifs is 1. The Hall–Kier alpha value is -5.42. The fourth-order valence-corrected chi connectivity index (χ4v) is 6.48. The zero-order chi connectivity index (χ0) is 31.7. The number of benzene rings is 4. The largest absolute Gasteiger partial charge is 0.454 e. The number of nitrogens with zero attached hydrogens (tertiary/aromatic N) is 4. The fourth-order valence-electron chi connectivity index (χ4n) is 6.48. The van der Waals surface area contributed by atoms with Gasteiger partial charge in [0.2, 0.25) is 0 Å². The summed E-state index contributed by atoms with van der Waals surface area (Å²) in [6.07, 6.45) is -3.79. The Morgan fingerprint density at radius 3 is 1.83 bits per heavy atom. The van der Waals surface area contributed by atoms with Gasteiger partial charge in [-0.15, -0.1) is 0 Å². The molecule has 0 aliphatic carbocycles. The molecule has 6 aromatic rings. The second kappa shape index (κ2) is 12.2. The minimum absolute atomic E-state index is 0.166. The lowest BCUT2D eigenvalue weighted by atomic mass is 9.64. The zero-order valence-corrected chi connectivity index (χ0v) is 24.6. The number of carbonyl (C=O) groups excluding carboxylic acids is 1. The highest BCUT2D eigenvalue weighted by molar-refractivity contribution is 5.89. The van der Waals surface area contributed by atoms with E-state index in [-0.39, 0.29) is 5.82 Å². The van der Waals surface area contributed by atoms with Crippen molar-refractivity contribution in [1.29, 1.82) is 0 Å². The Morgan fingerprint density at radius 1 is 0.761 bits per heavy atom. The van der Waals surface area contributed by atoms with Crippen molar-refractivity contribution in [2.45, 2.75) is 36.1 Å². The standard InChI is InChI=1S/C36H31N5O5/c37-32-27-33(39-21-38-32)41(22-40-27)34-29(43)28(42)30(45-34)31(46-35(44)23-13-5-1-6-14-23)36(24-15-7-2-8-16-24,25-17-9-3-10-18-25)26-19-11-4-12-20-26/h1-22,28-31,34,42-43H,(H2,37,38,39)/t28-,29+,30-,31?,34+/m0/s1.